The van der Waals surface area contributed by atoms with E-state index in [0.717, 1.165) is 12.3 Å². The molecule has 0 amide bonds. The van der Waals surface area contributed by atoms with E-state index in [1.807, 2.05) is 6.20 Å². The van der Waals surface area contributed by atoms with E-state index < -0.39 is 0 Å². The van der Waals surface area contributed by atoms with Crippen molar-refractivity contribution in [2.45, 2.75) is 26.2 Å². The number of imidazole rings is 1. The fourth-order valence-electron chi connectivity index (χ4n) is 2.84. The van der Waals surface area contributed by atoms with Crippen molar-refractivity contribution in [3.05, 3.63) is 35.9 Å². The zero-order valence-corrected chi connectivity index (χ0v) is 11.3. The van der Waals surface area contributed by atoms with Gasteiger partial charge in [0.15, 0.2) is 0 Å². The van der Waals surface area contributed by atoms with Crippen LogP contribution in [0, 0.1) is 12.8 Å². The Balaban J connectivity index is 1.78. The Hall–Kier alpha value is -1.35. The van der Waals surface area contributed by atoms with E-state index >= 15 is 0 Å². The Morgan fingerprint density at radius 1 is 1.33 bits per heavy atom. The summed E-state index contributed by atoms with van der Waals surface area (Å²) in [6, 6.07) is 4.36. The third-order valence-corrected chi connectivity index (χ3v) is 4.07. The molecule has 3 heteroatoms. The minimum atomic E-state index is 0.799. The summed E-state index contributed by atoms with van der Waals surface area (Å²) in [7, 11) is 2.21. The van der Waals surface area contributed by atoms with Crippen molar-refractivity contribution in [2.24, 2.45) is 5.92 Å². The topological polar surface area (TPSA) is 20.5 Å². The van der Waals surface area contributed by atoms with Crippen molar-refractivity contribution in [3.8, 4) is 0 Å². The monoisotopic (exact) mass is 243 g/mol. The third-order valence-electron chi connectivity index (χ3n) is 4.07. The van der Waals surface area contributed by atoms with Gasteiger partial charge in [-0.15, -0.1) is 0 Å². The molecule has 0 spiro atoms. The second-order valence-electron chi connectivity index (χ2n) is 5.62. The second kappa shape index (κ2) is 4.73. The van der Waals surface area contributed by atoms with E-state index in [0.29, 0.717) is 0 Å². The van der Waals surface area contributed by atoms with Gasteiger partial charge in [-0.3, -0.25) is 0 Å². The van der Waals surface area contributed by atoms with Gasteiger partial charge in [-0.25, -0.2) is 4.98 Å². The molecule has 3 rings (SSSR count). The molecule has 1 saturated heterocycles. The zero-order valence-electron chi connectivity index (χ0n) is 11.3. The first kappa shape index (κ1) is 11.7. The fraction of sp³-hybridized carbons (Fsp3) is 0.533. The van der Waals surface area contributed by atoms with Crippen molar-refractivity contribution < 1.29 is 0 Å². The summed E-state index contributed by atoms with van der Waals surface area (Å²) in [4.78, 5) is 7.02. The van der Waals surface area contributed by atoms with Gasteiger partial charge in [0.25, 0.3) is 0 Å². The Morgan fingerprint density at radius 2 is 2.11 bits per heavy atom. The molecular formula is C15H21N3. The van der Waals surface area contributed by atoms with E-state index in [2.05, 4.69) is 46.6 Å². The SMILES string of the molecule is Cc1ccn2c(CC3CCN(C)CC3)ncc2c1. The normalized spacial score (nSPS) is 18.6. The van der Waals surface area contributed by atoms with Crippen LogP contribution in [0.1, 0.15) is 24.2 Å². The predicted octanol–water partition coefficient (Wildman–Crippen LogP) is 2.53. The molecule has 0 atom stereocenters. The Morgan fingerprint density at radius 3 is 2.89 bits per heavy atom. The van der Waals surface area contributed by atoms with Crippen LogP contribution in [0.2, 0.25) is 0 Å². The molecule has 0 saturated carbocycles. The lowest BCUT2D eigenvalue weighted by Gasteiger charge is -2.28. The molecule has 3 heterocycles. The highest BCUT2D eigenvalue weighted by molar-refractivity contribution is 5.48. The molecule has 0 N–H and O–H groups in total. The molecule has 1 aliphatic rings. The van der Waals surface area contributed by atoms with Gasteiger partial charge in [0.05, 0.1) is 11.7 Å². The molecule has 0 aliphatic carbocycles. The van der Waals surface area contributed by atoms with Crippen LogP contribution < -0.4 is 0 Å². The fourth-order valence-corrected chi connectivity index (χ4v) is 2.84. The number of pyridine rings is 1. The standard InChI is InChI=1S/C15H21N3/c1-12-3-8-18-14(9-12)11-16-15(18)10-13-4-6-17(2)7-5-13/h3,8-9,11,13H,4-7,10H2,1-2H3. The van der Waals surface area contributed by atoms with Crippen LogP contribution in [0.25, 0.3) is 5.52 Å². The lowest BCUT2D eigenvalue weighted by Crippen LogP contribution is -2.31. The number of likely N-dealkylation sites (tertiary alicyclic amines) is 1. The van der Waals surface area contributed by atoms with Crippen LogP contribution in [0.4, 0.5) is 0 Å². The van der Waals surface area contributed by atoms with Crippen LogP contribution in [-0.2, 0) is 6.42 Å². The van der Waals surface area contributed by atoms with Crippen molar-refractivity contribution >= 4 is 5.52 Å². The molecule has 2 aromatic rings. The summed E-state index contributed by atoms with van der Waals surface area (Å²) in [6.07, 6.45) is 7.87. The maximum absolute atomic E-state index is 4.60. The van der Waals surface area contributed by atoms with Gasteiger partial charge in [-0.1, -0.05) is 0 Å². The van der Waals surface area contributed by atoms with Gasteiger partial charge in [0, 0.05) is 12.6 Å². The summed E-state index contributed by atoms with van der Waals surface area (Å²) < 4.78 is 2.24. The number of rotatable bonds is 2. The number of piperidine rings is 1. The minimum absolute atomic E-state index is 0.799. The second-order valence-corrected chi connectivity index (χ2v) is 5.62. The lowest BCUT2D eigenvalue weighted by molar-refractivity contribution is 0.217. The average molecular weight is 243 g/mol. The molecule has 3 nitrogen and oxygen atoms in total. The summed E-state index contributed by atoms with van der Waals surface area (Å²) in [5.41, 5.74) is 2.52. The van der Waals surface area contributed by atoms with E-state index in [-0.39, 0.29) is 0 Å². The highest BCUT2D eigenvalue weighted by atomic mass is 15.1. The zero-order chi connectivity index (χ0) is 12.5. The maximum Gasteiger partial charge on any atom is 0.113 e. The number of aryl methyl sites for hydroxylation is 1. The van der Waals surface area contributed by atoms with E-state index in [9.17, 15) is 0 Å². The predicted molar refractivity (Wildman–Crippen MR) is 73.9 cm³/mol. The van der Waals surface area contributed by atoms with Gasteiger partial charge in [-0.2, -0.15) is 0 Å². The van der Waals surface area contributed by atoms with Crippen molar-refractivity contribution in [2.75, 3.05) is 20.1 Å². The van der Waals surface area contributed by atoms with Crippen molar-refractivity contribution in [3.63, 3.8) is 0 Å². The first-order valence-electron chi connectivity index (χ1n) is 6.83. The molecule has 96 valence electrons. The maximum atomic E-state index is 4.60. The summed E-state index contributed by atoms with van der Waals surface area (Å²) in [6.45, 7) is 4.59. The minimum Gasteiger partial charge on any atom is -0.306 e. The summed E-state index contributed by atoms with van der Waals surface area (Å²) in [5, 5.41) is 0. The first-order valence-corrected chi connectivity index (χ1v) is 6.83. The highest BCUT2D eigenvalue weighted by Gasteiger charge is 2.18. The first-order chi connectivity index (χ1) is 8.72. The average Bonchev–Trinajstić information content (AvgIpc) is 2.74. The molecule has 1 aliphatic heterocycles. The van der Waals surface area contributed by atoms with Gasteiger partial charge in [0.2, 0.25) is 0 Å². The number of aromatic nitrogens is 2. The lowest BCUT2D eigenvalue weighted by atomic mass is 9.93. The number of nitrogens with zero attached hydrogens (tertiary/aromatic N) is 3. The van der Waals surface area contributed by atoms with Crippen LogP contribution in [-0.4, -0.2) is 34.4 Å². The molecule has 0 bridgehead atoms. The molecule has 0 unspecified atom stereocenters. The largest absolute Gasteiger partial charge is 0.306 e. The molecule has 2 aromatic heterocycles. The Kier molecular flexibility index (Phi) is 3.08. The van der Waals surface area contributed by atoms with Gasteiger partial charge >= 0.3 is 0 Å². The molecule has 0 radical (unpaired) electrons. The van der Waals surface area contributed by atoms with Gasteiger partial charge < -0.3 is 9.30 Å². The van der Waals surface area contributed by atoms with Crippen LogP contribution in [0.15, 0.2) is 24.5 Å². The van der Waals surface area contributed by atoms with Crippen molar-refractivity contribution in [1.82, 2.24) is 14.3 Å². The van der Waals surface area contributed by atoms with Crippen LogP contribution >= 0.6 is 0 Å². The molecule has 18 heavy (non-hydrogen) atoms. The number of fused-ring (bicyclic) bond motifs is 1. The van der Waals surface area contributed by atoms with Gasteiger partial charge in [0.1, 0.15) is 5.82 Å². The molecule has 0 aromatic carbocycles. The molecular weight excluding hydrogens is 222 g/mol. The van der Waals surface area contributed by atoms with E-state index in [1.165, 1.54) is 42.8 Å². The molecule has 1 fully saturated rings. The Bertz CT molecular complexity index is 536. The smallest absolute Gasteiger partial charge is 0.113 e. The Labute approximate surface area is 108 Å². The quantitative estimate of drug-likeness (QED) is 0.808. The third kappa shape index (κ3) is 2.27. The summed E-state index contributed by atoms with van der Waals surface area (Å²) >= 11 is 0. The highest BCUT2D eigenvalue weighted by Crippen LogP contribution is 2.21. The number of hydrogen-bond acceptors (Lipinski definition) is 2. The van der Waals surface area contributed by atoms with Gasteiger partial charge in [-0.05, 0) is 63.5 Å². The number of hydrogen-bond donors (Lipinski definition) is 0. The van der Waals surface area contributed by atoms with Crippen LogP contribution in [0.3, 0.4) is 0 Å². The van der Waals surface area contributed by atoms with E-state index in [1.54, 1.807) is 0 Å². The van der Waals surface area contributed by atoms with Crippen molar-refractivity contribution in [1.29, 1.82) is 0 Å². The van der Waals surface area contributed by atoms with Crippen LogP contribution in [0.5, 0.6) is 0 Å². The van der Waals surface area contributed by atoms with E-state index in [4.69, 9.17) is 0 Å². The summed E-state index contributed by atoms with van der Waals surface area (Å²) in [5.74, 6) is 2.02.